The molecule has 2 rings (SSSR count). The summed E-state index contributed by atoms with van der Waals surface area (Å²) in [5.74, 6) is 0.00532. The van der Waals surface area contributed by atoms with Crippen molar-refractivity contribution in [3.8, 4) is 0 Å². The second kappa shape index (κ2) is 9.20. The van der Waals surface area contributed by atoms with Crippen LogP contribution in [0.3, 0.4) is 0 Å². The van der Waals surface area contributed by atoms with E-state index in [2.05, 4.69) is 46.5 Å². The van der Waals surface area contributed by atoms with Crippen molar-refractivity contribution >= 4 is 14.2 Å². The zero-order valence-corrected chi connectivity index (χ0v) is 19.1. The Labute approximate surface area is 171 Å². The van der Waals surface area contributed by atoms with Crippen molar-refractivity contribution in [2.45, 2.75) is 70.7 Å². The molecule has 0 unspecified atom stereocenters. The number of hydrogen-bond donors (Lipinski definition) is 0. The third kappa shape index (κ3) is 5.43. The van der Waals surface area contributed by atoms with Crippen LogP contribution < -0.4 is 0 Å². The molecule has 1 aromatic carbocycles. The lowest BCUT2D eigenvalue weighted by Crippen LogP contribution is -2.54. The Balaban J connectivity index is 2.23. The predicted molar refractivity (Wildman–Crippen MR) is 118 cm³/mol. The lowest BCUT2D eigenvalue weighted by Gasteiger charge is -2.42. The Morgan fingerprint density at radius 2 is 1.79 bits per heavy atom. The second-order valence-corrected chi connectivity index (χ2v) is 13.7. The molecule has 0 saturated heterocycles. The lowest BCUT2D eigenvalue weighted by atomic mass is 10.1. The first kappa shape index (κ1) is 22.6. The zero-order valence-electron chi connectivity index (χ0n) is 18.1. The van der Waals surface area contributed by atoms with Gasteiger partial charge >= 0.3 is 0 Å². The summed E-state index contributed by atoms with van der Waals surface area (Å²) in [5, 5.41) is 0.0911. The highest BCUT2D eigenvalue weighted by atomic mass is 28.4. The molecule has 154 valence electrons. The number of hydrogen-bond acceptors (Lipinski definition) is 3. The van der Waals surface area contributed by atoms with Gasteiger partial charge in [0.25, 0.3) is 0 Å². The molecule has 4 nitrogen and oxygen atoms in total. The lowest BCUT2D eigenvalue weighted by molar-refractivity contribution is -0.135. The Hall–Kier alpha value is -1.69. The van der Waals surface area contributed by atoms with Crippen LogP contribution in [0.4, 0.5) is 0 Å². The zero-order chi connectivity index (χ0) is 20.9. The van der Waals surface area contributed by atoms with Crippen LogP contribution in [0.5, 0.6) is 0 Å². The first-order valence-electron chi connectivity index (χ1n) is 9.96. The fraction of sp³-hybridized carbons (Fsp3) is 0.522. The van der Waals surface area contributed by atoms with E-state index in [0.29, 0.717) is 13.2 Å². The van der Waals surface area contributed by atoms with Crippen LogP contribution in [0, 0.1) is 0 Å². The van der Waals surface area contributed by atoms with Gasteiger partial charge in [0.15, 0.2) is 8.32 Å². The second-order valence-electron chi connectivity index (χ2n) is 8.94. The van der Waals surface area contributed by atoms with Crippen molar-refractivity contribution in [3.05, 3.63) is 60.7 Å². The fourth-order valence-corrected chi connectivity index (χ4v) is 4.39. The maximum Gasteiger partial charge on any atom is 0.220 e. The highest BCUT2D eigenvalue weighted by molar-refractivity contribution is 6.74. The van der Waals surface area contributed by atoms with Gasteiger partial charge in [-0.05, 0) is 23.7 Å². The van der Waals surface area contributed by atoms with Gasteiger partial charge < -0.3 is 14.1 Å². The minimum Gasteiger partial charge on any atom is -0.408 e. The van der Waals surface area contributed by atoms with Crippen LogP contribution in [0.15, 0.2) is 55.1 Å². The SMILES string of the molecule is C=CCN(C(C)=O)[C@@H]1[C@H](OCc2ccccc2)C=C[C@H]1O[Si](C)(C)C(C)(C)C. The number of benzene rings is 1. The number of rotatable bonds is 8. The maximum absolute atomic E-state index is 12.4. The van der Waals surface area contributed by atoms with Crippen molar-refractivity contribution in [1.82, 2.24) is 4.90 Å². The molecule has 28 heavy (non-hydrogen) atoms. The van der Waals surface area contributed by atoms with Gasteiger partial charge in [-0.25, -0.2) is 0 Å². The fourth-order valence-electron chi connectivity index (χ4n) is 3.13. The Bertz CT molecular complexity index is 694. The van der Waals surface area contributed by atoms with Crippen LogP contribution >= 0.6 is 0 Å². The van der Waals surface area contributed by atoms with E-state index in [1.54, 1.807) is 13.0 Å². The molecule has 0 aromatic heterocycles. The van der Waals surface area contributed by atoms with E-state index in [1.165, 1.54) is 0 Å². The van der Waals surface area contributed by atoms with E-state index in [-0.39, 0.29) is 29.2 Å². The van der Waals surface area contributed by atoms with E-state index >= 15 is 0 Å². The molecule has 0 spiro atoms. The van der Waals surface area contributed by atoms with Gasteiger partial charge in [-0.1, -0.05) is 69.3 Å². The number of carbonyl (C=O) groups excluding carboxylic acids is 1. The van der Waals surface area contributed by atoms with Gasteiger partial charge in [0.05, 0.1) is 24.9 Å². The summed E-state index contributed by atoms with van der Waals surface area (Å²) >= 11 is 0. The Morgan fingerprint density at radius 1 is 1.18 bits per heavy atom. The first-order valence-corrected chi connectivity index (χ1v) is 12.9. The smallest absolute Gasteiger partial charge is 0.220 e. The average Bonchev–Trinajstić information content (AvgIpc) is 2.99. The average molecular weight is 402 g/mol. The predicted octanol–water partition coefficient (Wildman–Crippen LogP) is 4.94. The van der Waals surface area contributed by atoms with Gasteiger partial charge in [0.2, 0.25) is 5.91 Å². The van der Waals surface area contributed by atoms with Gasteiger partial charge in [-0.15, -0.1) is 6.58 Å². The van der Waals surface area contributed by atoms with Crippen LogP contribution in [-0.4, -0.2) is 43.9 Å². The molecule has 0 aliphatic heterocycles. The van der Waals surface area contributed by atoms with Crippen LogP contribution in [0.1, 0.15) is 33.3 Å². The van der Waals surface area contributed by atoms with Crippen LogP contribution in [-0.2, 0) is 20.6 Å². The van der Waals surface area contributed by atoms with Crippen molar-refractivity contribution in [1.29, 1.82) is 0 Å². The van der Waals surface area contributed by atoms with Gasteiger partial charge in [-0.2, -0.15) is 0 Å². The minimum atomic E-state index is -2.00. The molecular weight excluding hydrogens is 366 g/mol. The number of nitrogens with zero attached hydrogens (tertiary/aromatic N) is 1. The molecule has 1 aliphatic rings. The Kier molecular flexibility index (Phi) is 7.43. The van der Waals surface area contributed by atoms with E-state index in [4.69, 9.17) is 9.16 Å². The molecule has 0 N–H and O–H groups in total. The first-order chi connectivity index (χ1) is 13.1. The van der Waals surface area contributed by atoms with Crippen molar-refractivity contribution in [3.63, 3.8) is 0 Å². The summed E-state index contributed by atoms with van der Waals surface area (Å²) in [6, 6.07) is 9.90. The van der Waals surface area contributed by atoms with Crippen molar-refractivity contribution in [2.75, 3.05) is 6.54 Å². The largest absolute Gasteiger partial charge is 0.408 e. The van der Waals surface area contributed by atoms with E-state index < -0.39 is 8.32 Å². The number of amides is 1. The summed E-state index contributed by atoms with van der Waals surface area (Å²) in [4.78, 5) is 14.2. The van der Waals surface area contributed by atoms with Crippen LogP contribution in [0.25, 0.3) is 0 Å². The monoisotopic (exact) mass is 401 g/mol. The Morgan fingerprint density at radius 3 is 2.32 bits per heavy atom. The normalized spacial score (nSPS) is 22.3. The highest BCUT2D eigenvalue weighted by Crippen LogP contribution is 2.39. The van der Waals surface area contributed by atoms with Gasteiger partial charge in [0.1, 0.15) is 0 Å². The molecular formula is C23H35NO3Si. The van der Waals surface area contributed by atoms with E-state index in [9.17, 15) is 4.79 Å². The third-order valence-electron chi connectivity index (χ3n) is 5.78. The molecule has 0 heterocycles. The highest BCUT2D eigenvalue weighted by Gasteiger charge is 2.45. The molecule has 3 atom stereocenters. The molecule has 1 amide bonds. The molecule has 5 heteroatoms. The van der Waals surface area contributed by atoms with Crippen molar-refractivity contribution in [2.24, 2.45) is 0 Å². The van der Waals surface area contributed by atoms with Crippen molar-refractivity contribution < 1.29 is 14.0 Å². The summed E-state index contributed by atoms with van der Waals surface area (Å²) in [6.45, 7) is 17.5. The maximum atomic E-state index is 12.4. The topological polar surface area (TPSA) is 38.8 Å². The standard InChI is InChI=1S/C23H35NO3Si/c1-8-16-24(18(2)25)22-20(26-17-19-12-10-9-11-13-19)14-15-21(22)27-28(6,7)23(3,4)5/h8-15,20-22H,1,16-17H2,2-7H3/t20-,21-,22-/m1/s1. The summed E-state index contributed by atoms with van der Waals surface area (Å²) in [7, 11) is -2.00. The molecule has 0 saturated carbocycles. The molecule has 0 bridgehead atoms. The minimum absolute atomic E-state index is 0.00532. The van der Waals surface area contributed by atoms with Gasteiger partial charge in [0, 0.05) is 13.5 Å². The van der Waals surface area contributed by atoms with Crippen LogP contribution in [0.2, 0.25) is 18.1 Å². The summed E-state index contributed by atoms with van der Waals surface area (Å²) < 4.78 is 12.9. The third-order valence-corrected chi connectivity index (χ3v) is 10.2. The molecule has 1 aromatic rings. The number of carbonyl (C=O) groups is 1. The van der Waals surface area contributed by atoms with E-state index in [1.807, 2.05) is 41.3 Å². The summed E-state index contributed by atoms with van der Waals surface area (Å²) in [5.41, 5.74) is 1.11. The summed E-state index contributed by atoms with van der Waals surface area (Å²) in [6.07, 6.45) is 5.49. The molecule has 0 fully saturated rings. The molecule has 1 aliphatic carbocycles. The quantitative estimate of drug-likeness (QED) is 0.458. The van der Waals surface area contributed by atoms with Gasteiger partial charge in [-0.3, -0.25) is 4.79 Å². The molecule has 0 radical (unpaired) electrons. The van der Waals surface area contributed by atoms with E-state index in [0.717, 1.165) is 5.56 Å². The number of ether oxygens (including phenoxy) is 1.